The molecule has 0 N–H and O–H groups in total. The fourth-order valence-electron chi connectivity index (χ4n) is 6.03. The van der Waals surface area contributed by atoms with Gasteiger partial charge in [0.15, 0.2) is 0 Å². The van der Waals surface area contributed by atoms with Gasteiger partial charge in [-0.05, 0) is 43.4 Å². The van der Waals surface area contributed by atoms with E-state index in [1.165, 1.54) is 7.11 Å². The summed E-state index contributed by atoms with van der Waals surface area (Å²) in [7, 11) is 4.79. The molecule has 3 fully saturated rings. The molecule has 1 spiro atoms. The van der Waals surface area contributed by atoms with Crippen molar-refractivity contribution >= 4 is 17.8 Å². The van der Waals surface area contributed by atoms with Crippen molar-refractivity contribution in [3.8, 4) is 5.75 Å². The highest BCUT2D eigenvalue weighted by Gasteiger charge is 2.57. The minimum Gasteiger partial charge on any atom is -0.497 e. The van der Waals surface area contributed by atoms with Crippen LogP contribution in [0.25, 0.3) is 0 Å². The number of likely N-dealkylation sites (tertiary alicyclic amines) is 2. The molecule has 1 atom stereocenters. The lowest BCUT2D eigenvalue weighted by Gasteiger charge is -2.47. The zero-order valence-corrected chi connectivity index (χ0v) is 18.7. The van der Waals surface area contributed by atoms with E-state index in [4.69, 9.17) is 9.47 Å². The van der Waals surface area contributed by atoms with Gasteiger partial charge in [-0.3, -0.25) is 14.4 Å². The molecule has 3 aliphatic rings. The number of methoxy groups -OCH3 is 2. The molecule has 2 amide bonds. The summed E-state index contributed by atoms with van der Waals surface area (Å²) in [5.74, 6) is 0.136. The van der Waals surface area contributed by atoms with E-state index in [0.29, 0.717) is 25.9 Å². The van der Waals surface area contributed by atoms with E-state index in [0.717, 1.165) is 37.0 Å². The van der Waals surface area contributed by atoms with Gasteiger partial charge in [0.2, 0.25) is 11.8 Å². The molecule has 2 aliphatic heterocycles. The van der Waals surface area contributed by atoms with Crippen molar-refractivity contribution in [1.82, 2.24) is 9.80 Å². The number of carbonyl (C=O) groups excluding carboxylic acids is 3. The van der Waals surface area contributed by atoms with Crippen molar-refractivity contribution in [2.75, 3.05) is 34.4 Å². The Morgan fingerprint density at radius 1 is 1.00 bits per heavy atom. The monoisotopic (exact) mass is 428 g/mol. The molecule has 2 heterocycles. The standard InChI is InChI=1S/C24H32N2O5/c1-25-20(27)16-19(21(28)31-3)24(25)12-14-26(15-13-24)22(29)23(10-4-5-11-23)17-6-8-18(30-2)9-7-17/h6-9,19H,4-5,10-16H2,1-3H3. The van der Waals surface area contributed by atoms with Crippen LogP contribution in [0.2, 0.25) is 0 Å². The van der Waals surface area contributed by atoms with E-state index in [9.17, 15) is 14.4 Å². The lowest BCUT2D eigenvalue weighted by molar-refractivity contribution is -0.151. The number of rotatable bonds is 4. The quantitative estimate of drug-likeness (QED) is 0.689. The number of benzene rings is 1. The fourth-order valence-corrected chi connectivity index (χ4v) is 6.03. The summed E-state index contributed by atoms with van der Waals surface area (Å²) in [5, 5.41) is 0. The van der Waals surface area contributed by atoms with E-state index < -0.39 is 16.9 Å². The summed E-state index contributed by atoms with van der Waals surface area (Å²) in [6.45, 7) is 1.09. The summed E-state index contributed by atoms with van der Waals surface area (Å²) in [6, 6.07) is 7.89. The smallest absolute Gasteiger partial charge is 0.311 e. The van der Waals surface area contributed by atoms with Crippen LogP contribution in [0.15, 0.2) is 24.3 Å². The van der Waals surface area contributed by atoms with Crippen molar-refractivity contribution in [1.29, 1.82) is 0 Å². The molecule has 0 radical (unpaired) electrons. The number of carbonyl (C=O) groups is 3. The van der Waals surface area contributed by atoms with Crippen molar-refractivity contribution in [3.05, 3.63) is 29.8 Å². The second-order valence-corrected chi connectivity index (χ2v) is 9.15. The molecule has 31 heavy (non-hydrogen) atoms. The van der Waals surface area contributed by atoms with Gasteiger partial charge < -0.3 is 19.3 Å². The van der Waals surface area contributed by atoms with Crippen LogP contribution in [0.1, 0.15) is 50.5 Å². The minimum atomic E-state index is -0.552. The highest BCUT2D eigenvalue weighted by atomic mass is 16.5. The van der Waals surface area contributed by atoms with Gasteiger partial charge in [0, 0.05) is 26.6 Å². The number of hydrogen-bond donors (Lipinski definition) is 0. The van der Waals surface area contributed by atoms with E-state index in [1.54, 1.807) is 19.1 Å². The average molecular weight is 429 g/mol. The maximum atomic E-state index is 13.8. The van der Waals surface area contributed by atoms with Crippen molar-refractivity contribution in [2.45, 2.75) is 55.9 Å². The molecule has 1 aromatic carbocycles. The Kier molecular flexibility index (Phi) is 5.71. The minimum absolute atomic E-state index is 0.0272. The Hall–Kier alpha value is -2.57. The summed E-state index contributed by atoms with van der Waals surface area (Å²) >= 11 is 0. The first-order valence-electron chi connectivity index (χ1n) is 11.2. The van der Waals surface area contributed by atoms with E-state index in [1.807, 2.05) is 29.2 Å². The van der Waals surface area contributed by atoms with Gasteiger partial charge in [-0.2, -0.15) is 0 Å². The maximum absolute atomic E-state index is 13.8. The lowest BCUT2D eigenvalue weighted by atomic mass is 9.74. The normalized spacial score (nSPS) is 24.5. The zero-order chi connectivity index (χ0) is 22.2. The number of hydrogen-bond acceptors (Lipinski definition) is 5. The first-order chi connectivity index (χ1) is 14.9. The third-order valence-corrected chi connectivity index (χ3v) is 7.98. The molecular formula is C24H32N2O5. The first-order valence-corrected chi connectivity index (χ1v) is 11.2. The van der Waals surface area contributed by atoms with Crippen LogP contribution in [0.5, 0.6) is 5.75 Å². The molecule has 4 rings (SSSR count). The van der Waals surface area contributed by atoms with Crippen LogP contribution in [-0.2, 0) is 24.5 Å². The Morgan fingerprint density at radius 3 is 2.16 bits per heavy atom. The van der Waals surface area contributed by atoms with E-state index in [-0.39, 0.29) is 24.2 Å². The lowest BCUT2D eigenvalue weighted by Crippen LogP contribution is -2.59. The van der Waals surface area contributed by atoms with Gasteiger partial charge in [0.05, 0.1) is 31.1 Å². The number of amides is 2. The highest BCUT2D eigenvalue weighted by Crippen LogP contribution is 2.46. The fraction of sp³-hybridized carbons (Fsp3) is 0.625. The molecular weight excluding hydrogens is 396 g/mol. The predicted octanol–water partition coefficient (Wildman–Crippen LogP) is 2.52. The highest BCUT2D eigenvalue weighted by molar-refractivity contribution is 5.90. The second kappa shape index (κ2) is 8.17. The molecule has 168 valence electrons. The Bertz CT molecular complexity index is 851. The molecule has 2 saturated heterocycles. The molecule has 7 nitrogen and oxygen atoms in total. The summed E-state index contributed by atoms with van der Waals surface area (Å²) in [6.07, 6.45) is 5.16. The molecule has 0 aromatic heterocycles. The van der Waals surface area contributed by atoms with Crippen LogP contribution < -0.4 is 4.74 Å². The van der Waals surface area contributed by atoms with Crippen LogP contribution in [0.4, 0.5) is 0 Å². The first kappa shape index (κ1) is 21.7. The number of ether oxygens (including phenoxy) is 2. The van der Waals surface area contributed by atoms with E-state index in [2.05, 4.69) is 0 Å². The van der Waals surface area contributed by atoms with Crippen LogP contribution >= 0.6 is 0 Å². The maximum Gasteiger partial charge on any atom is 0.311 e. The average Bonchev–Trinajstić information content (AvgIpc) is 3.40. The van der Waals surface area contributed by atoms with Gasteiger partial charge in [0.25, 0.3) is 0 Å². The van der Waals surface area contributed by atoms with Gasteiger partial charge in [-0.25, -0.2) is 0 Å². The Labute approximate surface area is 183 Å². The molecule has 7 heteroatoms. The molecule has 1 aliphatic carbocycles. The zero-order valence-electron chi connectivity index (χ0n) is 18.7. The van der Waals surface area contributed by atoms with Crippen molar-refractivity contribution < 1.29 is 23.9 Å². The summed E-state index contributed by atoms with van der Waals surface area (Å²) in [4.78, 5) is 42.3. The number of piperidine rings is 1. The van der Waals surface area contributed by atoms with E-state index >= 15 is 0 Å². The third kappa shape index (κ3) is 3.38. The second-order valence-electron chi connectivity index (χ2n) is 9.15. The van der Waals surface area contributed by atoms with Gasteiger partial charge >= 0.3 is 5.97 Å². The summed E-state index contributed by atoms with van der Waals surface area (Å²) in [5.41, 5.74) is 0.0107. The number of esters is 1. The SMILES string of the molecule is COC(=O)C1CC(=O)N(C)C12CCN(C(=O)C1(c3ccc(OC)cc3)CCCC1)CC2. The molecule has 1 saturated carbocycles. The Morgan fingerprint density at radius 2 is 1.61 bits per heavy atom. The predicted molar refractivity (Wildman–Crippen MR) is 115 cm³/mol. The number of nitrogens with zero attached hydrogens (tertiary/aromatic N) is 2. The van der Waals surface area contributed by atoms with Crippen molar-refractivity contribution in [3.63, 3.8) is 0 Å². The van der Waals surface area contributed by atoms with Crippen LogP contribution in [0, 0.1) is 5.92 Å². The van der Waals surface area contributed by atoms with Gasteiger partial charge in [0.1, 0.15) is 5.75 Å². The van der Waals surface area contributed by atoms with Gasteiger partial charge in [-0.1, -0.05) is 25.0 Å². The third-order valence-electron chi connectivity index (χ3n) is 7.98. The van der Waals surface area contributed by atoms with Crippen LogP contribution in [-0.4, -0.2) is 67.5 Å². The topological polar surface area (TPSA) is 76.2 Å². The van der Waals surface area contributed by atoms with Gasteiger partial charge in [-0.15, -0.1) is 0 Å². The van der Waals surface area contributed by atoms with Crippen molar-refractivity contribution in [2.24, 2.45) is 5.92 Å². The largest absolute Gasteiger partial charge is 0.497 e. The Balaban J connectivity index is 1.55. The summed E-state index contributed by atoms with van der Waals surface area (Å²) < 4.78 is 10.3. The molecule has 0 bridgehead atoms. The molecule has 1 aromatic rings. The van der Waals surface area contributed by atoms with Crippen LogP contribution in [0.3, 0.4) is 0 Å². The molecule has 1 unspecified atom stereocenters.